The highest BCUT2D eigenvalue weighted by molar-refractivity contribution is 6.15. The molecule has 8 rings (SSSR count). The largest absolute Gasteiger partial charge is 0.493 e. The molecule has 0 saturated carbocycles. The van der Waals surface area contributed by atoms with Crippen LogP contribution in [0, 0.1) is 0 Å². The molecule has 4 aromatic carbocycles. The Morgan fingerprint density at radius 1 is 0.808 bits per heavy atom. The number of para-hydroxylation sites is 2. The van der Waals surface area contributed by atoms with Gasteiger partial charge >= 0.3 is 0 Å². The number of nitrogens with zero attached hydrogens (tertiary/aromatic N) is 4. The standard InChI is InChI=1S/C41H37N5O6/c1-42-32-20-38(36(49-2)18-30(32)40(47)45-16-15-25-9-4-6-13-34(25)45)51-23-27-11-8-12-28(44-27)24-52-39-21-33-31(19-37(39)50-3)41(48)46-29(22-43-33)17-26-10-5-7-14-35(26)46/h4-14,18-22,29,42H,15-17,23-24H2,1-3H3/t29-/m0/s1. The first-order chi connectivity index (χ1) is 25.4. The maximum absolute atomic E-state index is 13.8. The molecule has 1 N–H and O–H groups in total. The van der Waals surface area contributed by atoms with E-state index in [0.29, 0.717) is 69.9 Å². The Morgan fingerprint density at radius 2 is 1.48 bits per heavy atom. The number of methoxy groups -OCH3 is 2. The molecule has 0 radical (unpaired) electrons. The summed E-state index contributed by atoms with van der Waals surface area (Å²) in [7, 11) is 4.87. The summed E-state index contributed by atoms with van der Waals surface area (Å²) in [5.74, 6) is 1.56. The number of ether oxygens (including phenoxy) is 4. The SMILES string of the molecule is CNc1cc(OCc2cccc(COc3cc4c(cc3OC)C(=O)N3c5ccccc5C[C@H]3C=N4)n2)c(OC)cc1C(=O)N1CCc2ccccc21. The smallest absolute Gasteiger partial charge is 0.261 e. The van der Waals surface area contributed by atoms with E-state index in [9.17, 15) is 9.59 Å². The number of aliphatic imine (C=N–C) groups is 1. The number of pyridine rings is 1. The van der Waals surface area contributed by atoms with Gasteiger partial charge in [-0.2, -0.15) is 0 Å². The number of nitrogens with one attached hydrogen (secondary N) is 1. The summed E-state index contributed by atoms with van der Waals surface area (Å²) in [6, 6.07) is 28.3. The lowest BCUT2D eigenvalue weighted by Gasteiger charge is -2.22. The van der Waals surface area contributed by atoms with Gasteiger partial charge in [0.25, 0.3) is 11.8 Å². The minimum absolute atomic E-state index is 0.107. The fourth-order valence-corrected chi connectivity index (χ4v) is 7.09. The van der Waals surface area contributed by atoms with Crippen LogP contribution in [-0.2, 0) is 26.1 Å². The van der Waals surface area contributed by atoms with Gasteiger partial charge < -0.3 is 29.2 Å². The van der Waals surface area contributed by atoms with Gasteiger partial charge in [0.2, 0.25) is 0 Å². The van der Waals surface area contributed by atoms with Crippen LogP contribution in [0.25, 0.3) is 0 Å². The number of amides is 2. The highest BCUT2D eigenvalue weighted by atomic mass is 16.5. The van der Waals surface area contributed by atoms with E-state index in [1.807, 2.05) is 66.9 Å². The molecule has 0 fully saturated rings. The second kappa shape index (κ2) is 13.7. The average molecular weight is 696 g/mol. The Kier molecular flexibility index (Phi) is 8.68. The minimum Gasteiger partial charge on any atom is -0.493 e. The molecule has 1 atom stereocenters. The van der Waals surface area contributed by atoms with Crippen LogP contribution in [0.4, 0.5) is 22.7 Å². The molecule has 3 aliphatic heterocycles. The summed E-state index contributed by atoms with van der Waals surface area (Å²) in [6.07, 6.45) is 3.36. The van der Waals surface area contributed by atoms with Crippen molar-refractivity contribution in [2.45, 2.75) is 32.1 Å². The fraction of sp³-hybridized carbons (Fsp3) is 0.220. The third kappa shape index (κ3) is 5.93. The van der Waals surface area contributed by atoms with Crippen molar-refractivity contribution in [2.75, 3.05) is 42.9 Å². The lowest BCUT2D eigenvalue weighted by molar-refractivity contribution is 0.0980. The predicted molar refractivity (Wildman–Crippen MR) is 199 cm³/mol. The molecule has 0 unspecified atom stereocenters. The van der Waals surface area contributed by atoms with Crippen molar-refractivity contribution < 1.29 is 28.5 Å². The number of carbonyl (C=O) groups is 2. The zero-order valence-corrected chi connectivity index (χ0v) is 29.1. The van der Waals surface area contributed by atoms with Crippen LogP contribution >= 0.6 is 0 Å². The van der Waals surface area contributed by atoms with E-state index in [4.69, 9.17) is 28.9 Å². The number of benzene rings is 4. The van der Waals surface area contributed by atoms with E-state index >= 15 is 0 Å². The number of aromatic nitrogens is 1. The highest BCUT2D eigenvalue weighted by Crippen LogP contribution is 2.41. The van der Waals surface area contributed by atoms with E-state index in [1.165, 1.54) is 0 Å². The van der Waals surface area contributed by atoms with Crippen molar-refractivity contribution in [1.29, 1.82) is 0 Å². The Balaban J connectivity index is 0.966. The molecule has 4 heterocycles. The van der Waals surface area contributed by atoms with Gasteiger partial charge in [0, 0.05) is 49.7 Å². The van der Waals surface area contributed by atoms with Gasteiger partial charge in [-0.1, -0.05) is 42.5 Å². The molecule has 262 valence electrons. The van der Waals surface area contributed by atoms with Gasteiger partial charge in [0.05, 0.1) is 54.2 Å². The Hall–Kier alpha value is -6.36. The molecule has 52 heavy (non-hydrogen) atoms. The first kappa shape index (κ1) is 32.8. The topological polar surface area (TPSA) is 115 Å². The molecule has 3 aliphatic rings. The van der Waals surface area contributed by atoms with Crippen molar-refractivity contribution >= 4 is 40.8 Å². The van der Waals surface area contributed by atoms with Crippen molar-refractivity contribution in [3.63, 3.8) is 0 Å². The van der Waals surface area contributed by atoms with E-state index < -0.39 is 0 Å². The van der Waals surface area contributed by atoms with E-state index in [1.54, 1.807) is 55.3 Å². The van der Waals surface area contributed by atoms with Crippen LogP contribution in [0.1, 0.15) is 43.2 Å². The van der Waals surface area contributed by atoms with E-state index in [-0.39, 0.29) is 31.1 Å². The first-order valence-corrected chi connectivity index (χ1v) is 17.1. The number of fused-ring (bicyclic) bond motifs is 5. The number of anilines is 3. The Morgan fingerprint density at radius 3 is 2.21 bits per heavy atom. The number of rotatable bonds is 10. The maximum atomic E-state index is 13.8. The van der Waals surface area contributed by atoms with Gasteiger partial charge in [0.1, 0.15) is 13.2 Å². The van der Waals surface area contributed by atoms with E-state index in [2.05, 4.69) is 11.4 Å². The molecule has 0 saturated heterocycles. The van der Waals surface area contributed by atoms with Gasteiger partial charge in [-0.3, -0.25) is 24.5 Å². The highest BCUT2D eigenvalue weighted by Gasteiger charge is 2.36. The normalized spacial score (nSPS) is 15.3. The maximum Gasteiger partial charge on any atom is 0.261 e. The molecule has 0 bridgehead atoms. The van der Waals surface area contributed by atoms with Gasteiger partial charge in [-0.05, 0) is 53.9 Å². The van der Waals surface area contributed by atoms with Gasteiger partial charge in [0.15, 0.2) is 23.0 Å². The average Bonchev–Trinajstić information content (AvgIpc) is 3.76. The third-order valence-corrected chi connectivity index (χ3v) is 9.68. The molecule has 5 aromatic rings. The zero-order valence-electron chi connectivity index (χ0n) is 29.1. The summed E-state index contributed by atoms with van der Waals surface area (Å²) in [5, 5.41) is 3.15. The first-order valence-electron chi connectivity index (χ1n) is 17.1. The second-order valence-corrected chi connectivity index (χ2v) is 12.7. The zero-order chi connectivity index (χ0) is 35.8. The second-order valence-electron chi connectivity index (χ2n) is 12.7. The fourth-order valence-electron chi connectivity index (χ4n) is 7.09. The van der Waals surface area contributed by atoms with Crippen LogP contribution < -0.4 is 34.1 Å². The summed E-state index contributed by atoms with van der Waals surface area (Å²) in [6.45, 7) is 0.918. The lowest BCUT2D eigenvalue weighted by Crippen LogP contribution is -2.37. The summed E-state index contributed by atoms with van der Waals surface area (Å²) in [4.78, 5) is 40.5. The Labute approximate surface area is 301 Å². The van der Waals surface area contributed by atoms with Crippen molar-refractivity contribution in [1.82, 2.24) is 4.98 Å². The van der Waals surface area contributed by atoms with Crippen LogP contribution in [0.15, 0.2) is 96.0 Å². The summed E-state index contributed by atoms with van der Waals surface area (Å²) < 4.78 is 23.7. The van der Waals surface area contributed by atoms with Crippen LogP contribution in [0.3, 0.4) is 0 Å². The molecular weight excluding hydrogens is 658 g/mol. The number of carbonyl (C=O) groups excluding carboxylic acids is 2. The number of hydrogen-bond donors (Lipinski definition) is 1. The molecule has 2 amide bonds. The van der Waals surface area contributed by atoms with Gasteiger partial charge in [-0.15, -0.1) is 0 Å². The predicted octanol–water partition coefficient (Wildman–Crippen LogP) is 6.79. The monoisotopic (exact) mass is 695 g/mol. The van der Waals surface area contributed by atoms with Gasteiger partial charge in [-0.25, -0.2) is 0 Å². The quantitative estimate of drug-likeness (QED) is 0.170. The third-order valence-electron chi connectivity index (χ3n) is 9.68. The Bertz CT molecular complexity index is 2240. The van der Waals surface area contributed by atoms with E-state index in [0.717, 1.165) is 28.9 Å². The minimum atomic E-state index is -0.153. The van der Waals surface area contributed by atoms with Crippen LogP contribution in [0.5, 0.6) is 23.0 Å². The van der Waals surface area contributed by atoms with Crippen molar-refractivity contribution in [3.8, 4) is 23.0 Å². The van der Waals surface area contributed by atoms with Crippen molar-refractivity contribution in [3.05, 3.63) is 125 Å². The lowest BCUT2D eigenvalue weighted by atomic mass is 10.1. The summed E-state index contributed by atoms with van der Waals surface area (Å²) in [5.41, 5.74) is 7.56. The number of hydrogen-bond acceptors (Lipinski definition) is 9. The molecule has 11 nitrogen and oxygen atoms in total. The van der Waals surface area contributed by atoms with Crippen LogP contribution in [-0.4, -0.2) is 56.9 Å². The molecular formula is C41H37N5O6. The molecule has 11 heteroatoms. The van der Waals surface area contributed by atoms with Crippen LogP contribution in [0.2, 0.25) is 0 Å². The molecule has 0 aliphatic carbocycles. The van der Waals surface area contributed by atoms with Crippen molar-refractivity contribution in [2.24, 2.45) is 4.99 Å². The molecule has 0 spiro atoms. The molecule has 1 aromatic heterocycles. The summed E-state index contributed by atoms with van der Waals surface area (Å²) >= 11 is 0.